The van der Waals surface area contributed by atoms with Gasteiger partial charge < -0.3 is 19.1 Å². The van der Waals surface area contributed by atoms with Crippen LogP contribution < -0.4 is 0 Å². The zero-order chi connectivity index (χ0) is 31.5. The van der Waals surface area contributed by atoms with Gasteiger partial charge in [0.25, 0.3) is 0 Å². The van der Waals surface area contributed by atoms with E-state index in [0.29, 0.717) is 38.2 Å². The quantitative estimate of drug-likeness (QED) is 0.243. The van der Waals surface area contributed by atoms with E-state index in [1.54, 1.807) is 9.80 Å². The molecule has 0 aliphatic carbocycles. The summed E-state index contributed by atoms with van der Waals surface area (Å²) in [4.78, 5) is 29.8. The van der Waals surface area contributed by atoms with Gasteiger partial charge in [0.05, 0.1) is 6.04 Å². The second kappa shape index (κ2) is 13.1. The van der Waals surface area contributed by atoms with Crippen molar-refractivity contribution in [2.75, 3.05) is 25.5 Å². The molecule has 3 aromatic rings. The van der Waals surface area contributed by atoms with Gasteiger partial charge in [0.15, 0.2) is 0 Å². The van der Waals surface area contributed by atoms with Crippen molar-refractivity contribution < 1.29 is 23.1 Å². The smallest absolute Gasteiger partial charge is 0.410 e. The third-order valence-electron chi connectivity index (χ3n) is 7.60. The Labute approximate surface area is 258 Å². The lowest BCUT2D eigenvalue weighted by atomic mass is 9.82. The number of amides is 2. The molecule has 0 spiro atoms. The number of hydrogen-bond donors (Lipinski definition) is 0. The maximum Gasteiger partial charge on any atom is 0.410 e. The van der Waals surface area contributed by atoms with E-state index in [-0.39, 0.29) is 29.4 Å². The highest BCUT2D eigenvalue weighted by Gasteiger charge is 2.40. The summed E-state index contributed by atoms with van der Waals surface area (Å²) in [5.74, 6) is -1.49. The molecule has 0 saturated carbocycles. The molecule has 0 bridgehead atoms. The van der Waals surface area contributed by atoms with Crippen molar-refractivity contribution in [1.29, 1.82) is 0 Å². The van der Waals surface area contributed by atoms with E-state index in [1.807, 2.05) is 67.9 Å². The van der Waals surface area contributed by atoms with Crippen LogP contribution in [0.1, 0.15) is 65.3 Å². The molecule has 232 valence electrons. The summed E-state index contributed by atoms with van der Waals surface area (Å²) < 4.78 is 36.8. The Balaban J connectivity index is 1.75. The summed E-state index contributed by atoms with van der Waals surface area (Å²) in [5, 5.41) is 0. The molecule has 2 atom stereocenters. The Morgan fingerprint density at radius 3 is 2.37 bits per heavy atom. The second-order valence-corrected chi connectivity index (χ2v) is 13.7. The van der Waals surface area contributed by atoms with Crippen LogP contribution in [-0.2, 0) is 16.1 Å². The van der Waals surface area contributed by atoms with Crippen molar-refractivity contribution in [1.82, 2.24) is 14.4 Å². The number of halogens is 3. The number of rotatable bonds is 8. The van der Waals surface area contributed by atoms with Gasteiger partial charge in [-0.1, -0.05) is 51.1 Å². The van der Waals surface area contributed by atoms with Crippen LogP contribution in [0.15, 0.2) is 60.8 Å². The van der Waals surface area contributed by atoms with Crippen LogP contribution in [0.2, 0.25) is 0 Å². The Hall–Kier alpha value is -3.39. The summed E-state index contributed by atoms with van der Waals surface area (Å²) in [7, 11) is 0. The van der Waals surface area contributed by atoms with Gasteiger partial charge in [-0.2, -0.15) is 0 Å². The monoisotopic (exact) mass is 613 g/mol. The largest absolute Gasteiger partial charge is 0.444 e. The van der Waals surface area contributed by atoms with E-state index >= 15 is 0 Å². The van der Waals surface area contributed by atoms with E-state index in [1.165, 1.54) is 6.07 Å². The molecule has 1 aromatic heterocycles. The van der Waals surface area contributed by atoms with Gasteiger partial charge in [-0.3, -0.25) is 4.79 Å². The minimum absolute atomic E-state index is 0.0159. The minimum Gasteiger partial charge on any atom is -0.444 e. The van der Waals surface area contributed by atoms with Crippen LogP contribution in [0.3, 0.4) is 0 Å². The minimum atomic E-state index is -0.601. The predicted octanol–water partition coefficient (Wildman–Crippen LogP) is 7.89. The van der Waals surface area contributed by atoms with E-state index < -0.39 is 28.7 Å². The maximum absolute atomic E-state index is 15.0. The van der Waals surface area contributed by atoms with Crippen molar-refractivity contribution >= 4 is 23.6 Å². The molecule has 1 aliphatic rings. The van der Waals surface area contributed by atoms with Crippen molar-refractivity contribution in [3.63, 3.8) is 0 Å². The second-order valence-electron chi connectivity index (χ2n) is 13.4. The Kier molecular flexibility index (Phi) is 9.90. The Bertz CT molecular complexity index is 1430. The first-order chi connectivity index (χ1) is 20.2. The van der Waals surface area contributed by atoms with Gasteiger partial charge in [0.2, 0.25) is 5.91 Å². The summed E-state index contributed by atoms with van der Waals surface area (Å²) in [5.41, 5.74) is 1.42. The van der Waals surface area contributed by atoms with Gasteiger partial charge in [-0.05, 0) is 68.4 Å². The summed E-state index contributed by atoms with van der Waals surface area (Å²) in [6, 6.07) is 14.7. The van der Waals surface area contributed by atoms with Crippen LogP contribution >= 0.6 is 11.6 Å². The summed E-state index contributed by atoms with van der Waals surface area (Å²) in [6.45, 7) is 13.5. The van der Waals surface area contributed by atoms with Gasteiger partial charge in [-0.15, -0.1) is 11.6 Å². The molecule has 4 rings (SSSR count). The van der Waals surface area contributed by atoms with Crippen molar-refractivity contribution in [2.45, 2.75) is 66.2 Å². The van der Waals surface area contributed by atoms with Crippen LogP contribution in [-0.4, -0.2) is 57.5 Å². The first-order valence-electron chi connectivity index (χ1n) is 14.7. The van der Waals surface area contributed by atoms with E-state index in [2.05, 4.69) is 20.8 Å². The normalized spacial score (nSPS) is 16.3. The molecule has 1 saturated heterocycles. The molecule has 2 amide bonds. The van der Waals surface area contributed by atoms with Gasteiger partial charge in [0.1, 0.15) is 23.1 Å². The molecule has 2 heterocycles. The number of alkyl halides is 1. The van der Waals surface area contributed by atoms with E-state index in [0.717, 1.165) is 23.4 Å². The van der Waals surface area contributed by atoms with Crippen molar-refractivity contribution in [3.05, 3.63) is 83.7 Å². The molecular weight excluding hydrogens is 572 g/mol. The Morgan fingerprint density at radius 2 is 1.74 bits per heavy atom. The lowest BCUT2D eigenvalue weighted by molar-refractivity contribution is -0.134. The fourth-order valence-corrected chi connectivity index (χ4v) is 5.95. The summed E-state index contributed by atoms with van der Waals surface area (Å²) >= 11 is 6.20. The van der Waals surface area contributed by atoms with Crippen LogP contribution in [0, 0.1) is 23.0 Å². The van der Waals surface area contributed by atoms with Crippen LogP contribution in [0.25, 0.3) is 11.1 Å². The molecule has 6 nitrogen and oxygen atoms in total. The standard InChI is InChI=1S/C34H42ClF2N3O3/c1-33(2,3)31(40(30(41)18-35)21-24-14-15-38(20-24)32(42)43-34(4,5)6)29-16-25(27-17-26(36)12-13-28(27)37)22-39(29)19-23-10-8-7-9-11-23/h7-13,16-17,22,24,31H,14-15,18-21H2,1-6H3/t24-,31-/m0/s1. The SMILES string of the molecule is CC(C)(C)OC(=O)N1CC[C@H](CN(C(=O)CCl)[C@@H](c2cc(-c3cc(F)ccc3F)cn2Cc2ccccc2)C(C)(C)C)C1. The average Bonchev–Trinajstić information content (AvgIpc) is 3.56. The van der Waals surface area contributed by atoms with Crippen molar-refractivity contribution in [3.8, 4) is 11.1 Å². The molecule has 0 N–H and O–H groups in total. The molecular formula is C34H42ClF2N3O3. The fourth-order valence-electron chi connectivity index (χ4n) is 5.79. The molecule has 2 aromatic carbocycles. The maximum atomic E-state index is 15.0. The first-order valence-corrected chi connectivity index (χ1v) is 15.2. The number of nitrogens with zero attached hydrogens (tertiary/aromatic N) is 3. The molecule has 43 heavy (non-hydrogen) atoms. The average molecular weight is 614 g/mol. The highest BCUT2D eigenvalue weighted by molar-refractivity contribution is 6.27. The molecule has 9 heteroatoms. The fraction of sp³-hybridized carbons (Fsp3) is 0.471. The number of benzene rings is 2. The number of ether oxygens (including phenoxy) is 1. The number of hydrogen-bond acceptors (Lipinski definition) is 3. The van der Waals surface area contributed by atoms with E-state index in [4.69, 9.17) is 16.3 Å². The van der Waals surface area contributed by atoms with Crippen molar-refractivity contribution in [2.24, 2.45) is 11.3 Å². The highest BCUT2D eigenvalue weighted by atomic mass is 35.5. The highest BCUT2D eigenvalue weighted by Crippen LogP contribution is 2.42. The summed E-state index contributed by atoms with van der Waals surface area (Å²) in [6.07, 6.45) is 2.17. The molecule has 0 radical (unpaired) electrons. The van der Waals surface area contributed by atoms with Gasteiger partial charge in [-0.25, -0.2) is 13.6 Å². The Morgan fingerprint density at radius 1 is 1.05 bits per heavy atom. The molecule has 1 fully saturated rings. The van der Waals surface area contributed by atoms with Gasteiger partial charge >= 0.3 is 6.09 Å². The molecule has 1 aliphatic heterocycles. The first kappa shape index (κ1) is 32.5. The topological polar surface area (TPSA) is 54.8 Å². The van der Waals surface area contributed by atoms with Crippen LogP contribution in [0.4, 0.5) is 13.6 Å². The zero-order valence-electron chi connectivity index (χ0n) is 25.9. The lowest BCUT2D eigenvalue weighted by Gasteiger charge is -2.42. The number of likely N-dealkylation sites (tertiary alicyclic amines) is 1. The third-order valence-corrected chi connectivity index (χ3v) is 7.83. The zero-order valence-corrected chi connectivity index (χ0v) is 26.6. The van der Waals surface area contributed by atoms with E-state index in [9.17, 15) is 18.4 Å². The molecule has 0 unspecified atom stereocenters. The number of carbonyl (C=O) groups excluding carboxylic acids is 2. The lowest BCUT2D eigenvalue weighted by Crippen LogP contribution is -2.45. The number of aromatic nitrogens is 1. The third kappa shape index (κ3) is 8.17. The van der Waals surface area contributed by atoms with Crippen LogP contribution in [0.5, 0.6) is 0 Å². The predicted molar refractivity (Wildman–Crippen MR) is 166 cm³/mol. The van der Waals surface area contributed by atoms with Gasteiger partial charge in [0, 0.05) is 49.2 Å². The number of carbonyl (C=O) groups is 2.